The minimum Gasteiger partial charge on any atom is -0.375 e. The lowest BCUT2D eigenvalue weighted by molar-refractivity contribution is -0.133. The molecule has 0 saturated carbocycles. The topological polar surface area (TPSA) is 66.4 Å². The lowest BCUT2D eigenvalue weighted by Gasteiger charge is -2.20. The SMILES string of the molecule is O=C(C[C@]1(O)C(=O)Nc2ccc(Br)cc21)c1ccc(F)cc1. The number of Topliss-reactive ketones (excluding diaryl/α,β-unsaturated/α-hetero) is 1. The van der Waals surface area contributed by atoms with Crippen LogP contribution >= 0.6 is 15.9 Å². The molecule has 1 atom stereocenters. The molecule has 1 aliphatic rings. The van der Waals surface area contributed by atoms with Gasteiger partial charge in [0.1, 0.15) is 5.82 Å². The predicted octanol–water partition coefficient (Wildman–Crippen LogP) is 3.00. The molecule has 22 heavy (non-hydrogen) atoms. The number of rotatable bonds is 3. The van der Waals surface area contributed by atoms with Gasteiger partial charge >= 0.3 is 0 Å². The third-order valence-electron chi connectivity index (χ3n) is 3.63. The molecule has 0 spiro atoms. The molecule has 1 heterocycles. The first-order chi connectivity index (χ1) is 10.4. The van der Waals surface area contributed by atoms with Crippen LogP contribution in [-0.2, 0) is 10.4 Å². The number of ketones is 1. The Morgan fingerprint density at radius 1 is 1.23 bits per heavy atom. The van der Waals surface area contributed by atoms with Crippen LogP contribution in [0.15, 0.2) is 46.9 Å². The molecule has 2 aromatic rings. The summed E-state index contributed by atoms with van der Waals surface area (Å²) in [7, 11) is 0. The van der Waals surface area contributed by atoms with E-state index in [1.807, 2.05) is 0 Å². The van der Waals surface area contributed by atoms with E-state index in [-0.39, 0.29) is 5.56 Å². The van der Waals surface area contributed by atoms with E-state index in [1.165, 1.54) is 12.1 Å². The van der Waals surface area contributed by atoms with Crippen molar-refractivity contribution in [2.45, 2.75) is 12.0 Å². The molecule has 1 aliphatic heterocycles. The fraction of sp³-hybridized carbons (Fsp3) is 0.125. The Balaban J connectivity index is 1.94. The quantitative estimate of drug-likeness (QED) is 0.823. The molecule has 2 N–H and O–H groups in total. The first kappa shape index (κ1) is 14.9. The van der Waals surface area contributed by atoms with Gasteiger partial charge in [0.05, 0.1) is 6.42 Å². The van der Waals surface area contributed by atoms with Crippen molar-refractivity contribution in [3.63, 3.8) is 0 Å². The average Bonchev–Trinajstić information content (AvgIpc) is 2.71. The molecule has 1 amide bonds. The summed E-state index contributed by atoms with van der Waals surface area (Å²) in [6, 6.07) is 9.97. The average molecular weight is 364 g/mol. The van der Waals surface area contributed by atoms with Gasteiger partial charge in [-0.25, -0.2) is 4.39 Å². The van der Waals surface area contributed by atoms with Crippen LogP contribution in [0.4, 0.5) is 10.1 Å². The summed E-state index contributed by atoms with van der Waals surface area (Å²) < 4.78 is 13.6. The van der Waals surface area contributed by atoms with E-state index in [1.54, 1.807) is 18.2 Å². The highest BCUT2D eigenvalue weighted by molar-refractivity contribution is 9.10. The Morgan fingerprint density at radius 3 is 2.59 bits per heavy atom. The van der Waals surface area contributed by atoms with E-state index in [4.69, 9.17) is 0 Å². The van der Waals surface area contributed by atoms with Crippen LogP contribution in [0.3, 0.4) is 0 Å². The zero-order valence-corrected chi connectivity index (χ0v) is 12.9. The summed E-state index contributed by atoms with van der Waals surface area (Å²) in [4.78, 5) is 24.4. The van der Waals surface area contributed by atoms with Crippen molar-refractivity contribution in [3.05, 3.63) is 63.9 Å². The lowest BCUT2D eigenvalue weighted by Crippen LogP contribution is -2.36. The number of hydrogen-bond donors (Lipinski definition) is 2. The summed E-state index contributed by atoms with van der Waals surface area (Å²) in [5, 5.41) is 13.3. The molecule has 6 heteroatoms. The number of benzene rings is 2. The van der Waals surface area contributed by atoms with E-state index in [0.717, 1.165) is 12.1 Å². The van der Waals surface area contributed by atoms with Gasteiger partial charge in [-0.15, -0.1) is 0 Å². The summed E-state index contributed by atoms with van der Waals surface area (Å²) in [5.74, 6) is -1.54. The number of nitrogens with one attached hydrogen (secondary N) is 1. The van der Waals surface area contributed by atoms with Gasteiger partial charge in [0.2, 0.25) is 0 Å². The van der Waals surface area contributed by atoms with Crippen LogP contribution in [0.25, 0.3) is 0 Å². The largest absolute Gasteiger partial charge is 0.375 e. The fourth-order valence-corrected chi connectivity index (χ4v) is 2.82. The number of halogens is 2. The van der Waals surface area contributed by atoms with Crippen molar-refractivity contribution in [2.24, 2.45) is 0 Å². The highest BCUT2D eigenvalue weighted by Gasteiger charge is 2.46. The smallest absolute Gasteiger partial charge is 0.261 e. The van der Waals surface area contributed by atoms with Gasteiger partial charge in [-0.1, -0.05) is 15.9 Å². The third kappa shape index (κ3) is 2.44. The number of hydrogen-bond acceptors (Lipinski definition) is 3. The maximum Gasteiger partial charge on any atom is 0.261 e. The molecular weight excluding hydrogens is 353 g/mol. The summed E-state index contributed by atoms with van der Waals surface area (Å²) >= 11 is 3.28. The van der Waals surface area contributed by atoms with Gasteiger partial charge in [0.15, 0.2) is 11.4 Å². The van der Waals surface area contributed by atoms with Crippen molar-refractivity contribution in [2.75, 3.05) is 5.32 Å². The number of carbonyl (C=O) groups is 2. The molecular formula is C16H11BrFNO3. The van der Waals surface area contributed by atoms with Gasteiger partial charge in [-0.2, -0.15) is 0 Å². The molecule has 4 nitrogen and oxygen atoms in total. The molecule has 0 saturated heterocycles. The van der Waals surface area contributed by atoms with Crippen molar-refractivity contribution in [1.82, 2.24) is 0 Å². The molecule has 2 aromatic carbocycles. The zero-order valence-electron chi connectivity index (χ0n) is 11.3. The van der Waals surface area contributed by atoms with Crippen LogP contribution in [0, 0.1) is 5.82 Å². The Hall–Kier alpha value is -2.05. The summed E-state index contributed by atoms with van der Waals surface area (Å²) in [5.41, 5.74) is -0.860. The van der Waals surface area contributed by atoms with Gasteiger partial charge < -0.3 is 10.4 Å². The van der Waals surface area contributed by atoms with Crippen LogP contribution in [0.5, 0.6) is 0 Å². The van der Waals surface area contributed by atoms with Gasteiger partial charge in [-0.3, -0.25) is 9.59 Å². The third-order valence-corrected chi connectivity index (χ3v) is 4.13. The van der Waals surface area contributed by atoms with Crippen LogP contribution in [0.1, 0.15) is 22.3 Å². The van der Waals surface area contributed by atoms with E-state index in [0.29, 0.717) is 15.7 Å². The number of fused-ring (bicyclic) bond motifs is 1. The molecule has 0 bridgehead atoms. The monoisotopic (exact) mass is 363 g/mol. The zero-order chi connectivity index (χ0) is 15.9. The Morgan fingerprint density at radius 2 is 1.91 bits per heavy atom. The molecule has 0 unspecified atom stereocenters. The van der Waals surface area contributed by atoms with Crippen LogP contribution < -0.4 is 5.32 Å². The lowest BCUT2D eigenvalue weighted by atomic mass is 9.88. The number of anilines is 1. The second-order valence-corrected chi connectivity index (χ2v) is 6.03. The minimum atomic E-state index is -1.93. The highest BCUT2D eigenvalue weighted by Crippen LogP contribution is 2.40. The van der Waals surface area contributed by atoms with Crippen molar-refractivity contribution >= 4 is 33.3 Å². The Labute approximate surface area is 134 Å². The molecule has 0 aromatic heterocycles. The maximum absolute atomic E-state index is 12.9. The number of carbonyl (C=O) groups excluding carboxylic acids is 2. The van der Waals surface area contributed by atoms with E-state index < -0.39 is 29.5 Å². The van der Waals surface area contributed by atoms with Crippen molar-refractivity contribution in [1.29, 1.82) is 0 Å². The first-order valence-corrected chi connectivity index (χ1v) is 7.32. The normalized spacial score (nSPS) is 19.7. The summed E-state index contributed by atoms with van der Waals surface area (Å²) in [6.45, 7) is 0. The molecule has 0 aliphatic carbocycles. The minimum absolute atomic E-state index is 0.242. The summed E-state index contributed by atoms with van der Waals surface area (Å²) in [6.07, 6.45) is -0.409. The Bertz CT molecular complexity index is 775. The van der Waals surface area contributed by atoms with Crippen molar-refractivity contribution in [3.8, 4) is 0 Å². The first-order valence-electron chi connectivity index (χ1n) is 6.53. The van der Waals surface area contributed by atoms with Crippen molar-refractivity contribution < 1.29 is 19.1 Å². The molecule has 0 fully saturated rings. The fourth-order valence-electron chi connectivity index (χ4n) is 2.46. The molecule has 3 rings (SSSR count). The second-order valence-electron chi connectivity index (χ2n) is 5.11. The second kappa shape index (κ2) is 5.30. The number of aliphatic hydroxyl groups is 1. The van der Waals surface area contributed by atoms with Gasteiger partial charge in [0, 0.05) is 21.3 Å². The van der Waals surface area contributed by atoms with Crippen LogP contribution in [0.2, 0.25) is 0 Å². The highest BCUT2D eigenvalue weighted by atomic mass is 79.9. The van der Waals surface area contributed by atoms with E-state index in [9.17, 15) is 19.1 Å². The molecule has 112 valence electrons. The molecule has 0 radical (unpaired) electrons. The van der Waals surface area contributed by atoms with Gasteiger partial charge in [-0.05, 0) is 42.5 Å². The number of amides is 1. The van der Waals surface area contributed by atoms with E-state index in [2.05, 4.69) is 21.2 Å². The van der Waals surface area contributed by atoms with E-state index >= 15 is 0 Å². The standard InChI is InChI=1S/C16H11BrFNO3/c17-10-3-6-13-12(7-10)16(22,15(21)19-13)8-14(20)9-1-4-11(18)5-2-9/h1-7,22H,8H2,(H,19,21)/t16-/m1/s1. The van der Waals surface area contributed by atoms with Crippen LogP contribution in [-0.4, -0.2) is 16.8 Å². The van der Waals surface area contributed by atoms with Gasteiger partial charge in [0.25, 0.3) is 5.91 Å². The predicted molar refractivity (Wildman–Crippen MR) is 82.0 cm³/mol. The maximum atomic E-state index is 12.9. The Kier molecular flexibility index (Phi) is 3.58.